The van der Waals surface area contributed by atoms with Crippen LogP contribution < -0.4 is 5.73 Å². The van der Waals surface area contributed by atoms with Crippen LogP contribution in [0.15, 0.2) is 76.0 Å². The smallest absolute Gasteiger partial charge is 0.124 e. The SMILES string of the molecule is Cc1ccc(SC=CC(N)=Nc2ccccc2)cc1. The Morgan fingerprint density at radius 2 is 1.74 bits per heavy atom. The normalized spacial score (nSPS) is 11.9. The van der Waals surface area contributed by atoms with Crippen molar-refractivity contribution in [2.75, 3.05) is 0 Å². The highest BCUT2D eigenvalue weighted by molar-refractivity contribution is 8.02. The van der Waals surface area contributed by atoms with Gasteiger partial charge in [0, 0.05) is 4.90 Å². The Morgan fingerprint density at radius 1 is 1.05 bits per heavy atom. The molecule has 0 amide bonds. The quantitative estimate of drug-likeness (QED) is 0.510. The molecule has 2 N–H and O–H groups in total. The number of nitrogens with two attached hydrogens (primary N) is 1. The number of thioether (sulfide) groups is 1. The van der Waals surface area contributed by atoms with E-state index in [2.05, 4.69) is 36.2 Å². The molecule has 0 fully saturated rings. The first kappa shape index (κ1) is 13.4. The summed E-state index contributed by atoms with van der Waals surface area (Å²) in [4.78, 5) is 5.49. The van der Waals surface area contributed by atoms with Gasteiger partial charge >= 0.3 is 0 Å². The van der Waals surface area contributed by atoms with Gasteiger partial charge in [0.25, 0.3) is 0 Å². The molecule has 0 aromatic heterocycles. The van der Waals surface area contributed by atoms with Crippen LogP contribution in [-0.2, 0) is 0 Å². The number of aliphatic imine (C=N–C) groups is 1. The summed E-state index contributed by atoms with van der Waals surface area (Å²) in [6.07, 6.45) is 1.82. The summed E-state index contributed by atoms with van der Waals surface area (Å²) in [6.45, 7) is 2.08. The third-order valence-electron chi connectivity index (χ3n) is 2.48. The van der Waals surface area contributed by atoms with Crippen molar-refractivity contribution < 1.29 is 0 Å². The van der Waals surface area contributed by atoms with Crippen LogP contribution in [0.4, 0.5) is 5.69 Å². The lowest BCUT2D eigenvalue weighted by Crippen LogP contribution is -2.06. The Hall–Kier alpha value is -2.00. The Bertz CT molecular complexity index is 571. The first-order valence-electron chi connectivity index (χ1n) is 6.03. The second-order valence-electron chi connectivity index (χ2n) is 4.11. The monoisotopic (exact) mass is 268 g/mol. The highest BCUT2D eigenvalue weighted by Gasteiger charge is 1.91. The van der Waals surface area contributed by atoms with Crippen molar-refractivity contribution in [2.24, 2.45) is 10.7 Å². The number of benzene rings is 2. The van der Waals surface area contributed by atoms with E-state index in [0.29, 0.717) is 5.84 Å². The van der Waals surface area contributed by atoms with Crippen molar-refractivity contribution in [3.05, 3.63) is 71.6 Å². The topological polar surface area (TPSA) is 38.4 Å². The average Bonchev–Trinajstić information content (AvgIpc) is 2.42. The zero-order valence-corrected chi connectivity index (χ0v) is 11.6. The molecule has 2 nitrogen and oxygen atoms in total. The van der Waals surface area contributed by atoms with Gasteiger partial charge in [-0.1, -0.05) is 47.7 Å². The van der Waals surface area contributed by atoms with E-state index in [1.807, 2.05) is 41.8 Å². The van der Waals surface area contributed by atoms with Crippen LogP contribution >= 0.6 is 11.8 Å². The minimum Gasteiger partial charge on any atom is -0.384 e. The molecule has 0 saturated heterocycles. The summed E-state index contributed by atoms with van der Waals surface area (Å²) in [7, 11) is 0. The van der Waals surface area contributed by atoms with Crippen LogP contribution in [0.5, 0.6) is 0 Å². The maximum Gasteiger partial charge on any atom is 0.124 e. The molecular weight excluding hydrogens is 252 g/mol. The van der Waals surface area contributed by atoms with E-state index < -0.39 is 0 Å². The first-order valence-corrected chi connectivity index (χ1v) is 6.91. The molecule has 0 bridgehead atoms. The Kier molecular flexibility index (Phi) is 4.81. The number of nitrogens with zero attached hydrogens (tertiary/aromatic N) is 1. The fraction of sp³-hybridized carbons (Fsp3) is 0.0625. The van der Waals surface area contributed by atoms with Crippen LogP contribution in [0, 0.1) is 6.92 Å². The molecule has 0 aliphatic carbocycles. The summed E-state index contributed by atoms with van der Waals surface area (Å²) < 4.78 is 0. The fourth-order valence-electron chi connectivity index (χ4n) is 1.49. The Labute approximate surface area is 118 Å². The standard InChI is InChI=1S/C16H16N2S/c1-13-7-9-15(10-8-13)19-12-11-16(17)18-14-5-3-2-4-6-14/h2-12H,1H3,(H2,17,18). The van der Waals surface area contributed by atoms with Gasteiger partial charge in [-0.25, -0.2) is 4.99 Å². The molecule has 19 heavy (non-hydrogen) atoms. The number of rotatable bonds is 4. The van der Waals surface area contributed by atoms with Crippen LogP contribution in [0.3, 0.4) is 0 Å². The number of hydrogen-bond donors (Lipinski definition) is 1. The van der Waals surface area contributed by atoms with E-state index in [9.17, 15) is 0 Å². The predicted molar refractivity (Wildman–Crippen MR) is 83.9 cm³/mol. The van der Waals surface area contributed by atoms with Crippen molar-refractivity contribution in [1.29, 1.82) is 0 Å². The van der Waals surface area contributed by atoms with Gasteiger partial charge in [-0.05, 0) is 42.7 Å². The van der Waals surface area contributed by atoms with Gasteiger partial charge < -0.3 is 5.73 Å². The largest absolute Gasteiger partial charge is 0.384 e. The zero-order valence-electron chi connectivity index (χ0n) is 10.8. The van der Waals surface area contributed by atoms with E-state index >= 15 is 0 Å². The maximum atomic E-state index is 5.84. The molecule has 2 rings (SSSR count). The molecule has 0 aliphatic heterocycles. The van der Waals surface area contributed by atoms with E-state index in [1.54, 1.807) is 11.8 Å². The van der Waals surface area contributed by atoms with Crippen LogP contribution in [0.1, 0.15) is 5.56 Å². The molecule has 0 aliphatic rings. The van der Waals surface area contributed by atoms with E-state index in [1.165, 1.54) is 10.5 Å². The third kappa shape index (κ3) is 4.64. The minimum absolute atomic E-state index is 0.505. The second-order valence-corrected chi connectivity index (χ2v) is 5.09. The lowest BCUT2D eigenvalue weighted by molar-refractivity contribution is 1.38. The predicted octanol–water partition coefficient (Wildman–Crippen LogP) is 4.29. The average molecular weight is 268 g/mol. The van der Waals surface area contributed by atoms with Crippen molar-refractivity contribution in [3.63, 3.8) is 0 Å². The number of para-hydroxylation sites is 1. The van der Waals surface area contributed by atoms with Crippen molar-refractivity contribution >= 4 is 23.3 Å². The fourth-order valence-corrected chi connectivity index (χ4v) is 2.15. The second kappa shape index (κ2) is 6.81. The van der Waals surface area contributed by atoms with Crippen molar-refractivity contribution in [3.8, 4) is 0 Å². The van der Waals surface area contributed by atoms with Gasteiger partial charge in [-0.2, -0.15) is 0 Å². The molecular formula is C16H16N2S. The van der Waals surface area contributed by atoms with Crippen LogP contribution in [0.2, 0.25) is 0 Å². The molecule has 2 aromatic rings. The van der Waals surface area contributed by atoms with Crippen LogP contribution in [-0.4, -0.2) is 5.84 Å². The highest BCUT2D eigenvalue weighted by atomic mass is 32.2. The van der Waals surface area contributed by atoms with Crippen LogP contribution in [0.25, 0.3) is 0 Å². The molecule has 0 spiro atoms. The number of aryl methyl sites for hydroxylation is 1. The Morgan fingerprint density at radius 3 is 2.42 bits per heavy atom. The van der Waals surface area contributed by atoms with Gasteiger partial charge in [0.05, 0.1) is 5.69 Å². The molecule has 0 heterocycles. The van der Waals surface area contributed by atoms with Gasteiger partial charge in [0.1, 0.15) is 5.84 Å². The lowest BCUT2D eigenvalue weighted by Gasteiger charge is -1.97. The van der Waals surface area contributed by atoms with E-state index in [0.717, 1.165) is 5.69 Å². The molecule has 3 heteroatoms. The summed E-state index contributed by atoms with van der Waals surface area (Å²) in [5.41, 5.74) is 7.97. The minimum atomic E-state index is 0.505. The van der Waals surface area contributed by atoms with Gasteiger partial charge in [-0.3, -0.25) is 0 Å². The first-order chi connectivity index (χ1) is 9.24. The summed E-state index contributed by atoms with van der Waals surface area (Å²) in [5, 5.41) is 1.95. The maximum absolute atomic E-state index is 5.84. The molecule has 0 radical (unpaired) electrons. The third-order valence-corrected chi connectivity index (χ3v) is 3.29. The molecule has 0 atom stereocenters. The van der Waals surface area contributed by atoms with Crippen molar-refractivity contribution in [1.82, 2.24) is 0 Å². The van der Waals surface area contributed by atoms with E-state index in [-0.39, 0.29) is 0 Å². The number of amidine groups is 1. The number of hydrogen-bond acceptors (Lipinski definition) is 2. The Balaban J connectivity index is 1.95. The molecule has 96 valence electrons. The molecule has 0 saturated carbocycles. The molecule has 0 unspecified atom stereocenters. The summed E-state index contributed by atoms with van der Waals surface area (Å²) >= 11 is 1.63. The highest BCUT2D eigenvalue weighted by Crippen LogP contribution is 2.19. The lowest BCUT2D eigenvalue weighted by atomic mass is 10.2. The summed E-state index contributed by atoms with van der Waals surface area (Å²) in [6, 6.07) is 18.1. The summed E-state index contributed by atoms with van der Waals surface area (Å²) in [5.74, 6) is 0.505. The van der Waals surface area contributed by atoms with Gasteiger partial charge in [-0.15, -0.1) is 0 Å². The van der Waals surface area contributed by atoms with E-state index in [4.69, 9.17) is 5.73 Å². The zero-order chi connectivity index (χ0) is 13.5. The molecule has 2 aromatic carbocycles. The van der Waals surface area contributed by atoms with Gasteiger partial charge in [0.15, 0.2) is 0 Å². The van der Waals surface area contributed by atoms with Gasteiger partial charge in [0.2, 0.25) is 0 Å². The van der Waals surface area contributed by atoms with Crippen molar-refractivity contribution in [2.45, 2.75) is 11.8 Å².